The maximum absolute atomic E-state index is 11.0. The van der Waals surface area contributed by atoms with Crippen LogP contribution in [0.25, 0.3) is 0 Å². The number of thioether (sulfide) groups is 1. The van der Waals surface area contributed by atoms with Crippen LogP contribution in [0.3, 0.4) is 0 Å². The van der Waals surface area contributed by atoms with Crippen LogP contribution in [0.5, 0.6) is 0 Å². The van der Waals surface area contributed by atoms with Crippen LogP contribution in [0.1, 0.15) is 6.92 Å². The first kappa shape index (κ1) is 10.1. The van der Waals surface area contributed by atoms with E-state index in [1.54, 1.807) is 19.3 Å². The molecule has 0 N–H and O–H groups in total. The zero-order valence-electron chi connectivity index (χ0n) is 7.40. The average Bonchev–Trinajstić information content (AvgIpc) is 2.17. The van der Waals surface area contributed by atoms with Gasteiger partial charge in [-0.05, 0) is 19.1 Å². The lowest BCUT2D eigenvalue weighted by Gasteiger charge is -2.00. The fraction of sp³-hybridized carbons (Fsp3) is 0.333. The summed E-state index contributed by atoms with van der Waals surface area (Å²) < 4.78 is 4.79. The van der Waals surface area contributed by atoms with Crippen molar-refractivity contribution >= 4 is 17.7 Å². The molecular weight excluding hydrogens is 186 g/mol. The van der Waals surface area contributed by atoms with Crippen LogP contribution in [0.2, 0.25) is 0 Å². The molecule has 0 saturated heterocycles. The van der Waals surface area contributed by atoms with E-state index in [1.807, 2.05) is 12.1 Å². The van der Waals surface area contributed by atoms with Gasteiger partial charge in [0.15, 0.2) is 0 Å². The second-order valence-electron chi connectivity index (χ2n) is 2.28. The molecule has 3 nitrogen and oxygen atoms in total. The monoisotopic (exact) mass is 197 g/mol. The molecular formula is C9H11NO2S. The topological polar surface area (TPSA) is 39.2 Å². The Morgan fingerprint density at radius 2 is 2.23 bits per heavy atom. The van der Waals surface area contributed by atoms with E-state index in [4.69, 9.17) is 4.74 Å². The lowest BCUT2D eigenvalue weighted by molar-refractivity contribution is -0.139. The highest BCUT2D eigenvalue weighted by Crippen LogP contribution is 2.15. The molecule has 0 saturated carbocycles. The van der Waals surface area contributed by atoms with E-state index in [2.05, 4.69) is 4.98 Å². The van der Waals surface area contributed by atoms with Crippen LogP contribution < -0.4 is 0 Å². The zero-order chi connectivity index (χ0) is 9.52. The Hall–Kier alpha value is -1.03. The van der Waals surface area contributed by atoms with E-state index in [0.29, 0.717) is 12.4 Å². The third kappa shape index (κ3) is 3.94. The van der Waals surface area contributed by atoms with Crippen molar-refractivity contribution in [1.29, 1.82) is 0 Å². The molecule has 1 aromatic rings. The normalized spacial score (nSPS) is 9.62. The highest BCUT2D eigenvalue weighted by Gasteiger charge is 2.01. The van der Waals surface area contributed by atoms with Gasteiger partial charge in [0.25, 0.3) is 0 Å². The predicted octanol–water partition coefficient (Wildman–Crippen LogP) is 1.74. The standard InChI is InChI=1S/C9H11NO2S/c1-2-12-9(11)7-13-8-3-5-10-6-4-8/h3-6H,2,7H2,1H3. The summed E-state index contributed by atoms with van der Waals surface area (Å²) in [7, 11) is 0. The Morgan fingerprint density at radius 1 is 1.54 bits per heavy atom. The Morgan fingerprint density at radius 3 is 2.85 bits per heavy atom. The zero-order valence-corrected chi connectivity index (χ0v) is 8.21. The summed E-state index contributed by atoms with van der Waals surface area (Å²) in [6.45, 7) is 2.24. The van der Waals surface area contributed by atoms with Crippen LogP contribution >= 0.6 is 11.8 Å². The van der Waals surface area contributed by atoms with Gasteiger partial charge in [-0.25, -0.2) is 0 Å². The molecule has 0 aliphatic carbocycles. The minimum absolute atomic E-state index is 0.177. The van der Waals surface area contributed by atoms with Gasteiger partial charge in [-0.2, -0.15) is 0 Å². The molecule has 1 heterocycles. The third-order valence-electron chi connectivity index (χ3n) is 1.31. The summed E-state index contributed by atoms with van der Waals surface area (Å²) in [5, 5.41) is 0. The van der Waals surface area contributed by atoms with Crippen LogP contribution in [0.15, 0.2) is 29.4 Å². The first-order valence-corrected chi connectivity index (χ1v) is 5.00. The number of carbonyl (C=O) groups is 1. The van der Waals surface area contributed by atoms with E-state index < -0.39 is 0 Å². The molecule has 4 heteroatoms. The third-order valence-corrected chi connectivity index (χ3v) is 2.30. The van der Waals surface area contributed by atoms with Gasteiger partial charge in [0.1, 0.15) is 0 Å². The van der Waals surface area contributed by atoms with E-state index in [-0.39, 0.29) is 5.97 Å². The molecule has 1 rings (SSSR count). The lowest BCUT2D eigenvalue weighted by Crippen LogP contribution is -2.06. The van der Waals surface area contributed by atoms with Crippen molar-refractivity contribution in [2.75, 3.05) is 12.4 Å². The number of ether oxygens (including phenoxy) is 1. The molecule has 0 radical (unpaired) electrons. The maximum atomic E-state index is 11.0. The average molecular weight is 197 g/mol. The van der Waals surface area contributed by atoms with Crippen LogP contribution in [-0.4, -0.2) is 23.3 Å². The number of carbonyl (C=O) groups excluding carboxylic acids is 1. The van der Waals surface area contributed by atoms with Gasteiger partial charge in [-0.1, -0.05) is 0 Å². The van der Waals surface area contributed by atoms with Crippen LogP contribution in [-0.2, 0) is 9.53 Å². The first-order chi connectivity index (χ1) is 6.33. The Bertz CT molecular complexity index is 264. The summed E-state index contributed by atoms with van der Waals surface area (Å²) >= 11 is 1.45. The van der Waals surface area contributed by atoms with Gasteiger partial charge >= 0.3 is 5.97 Å². The minimum atomic E-state index is -0.177. The quantitative estimate of drug-likeness (QED) is 0.544. The van der Waals surface area contributed by atoms with Gasteiger partial charge in [0.05, 0.1) is 12.4 Å². The highest BCUT2D eigenvalue weighted by molar-refractivity contribution is 8.00. The van der Waals surface area contributed by atoms with Crippen molar-refractivity contribution in [3.8, 4) is 0 Å². The van der Waals surface area contributed by atoms with E-state index in [9.17, 15) is 4.79 Å². The number of pyridine rings is 1. The molecule has 0 spiro atoms. The van der Waals surface area contributed by atoms with Crippen LogP contribution in [0, 0.1) is 0 Å². The van der Waals surface area contributed by atoms with Gasteiger partial charge < -0.3 is 4.74 Å². The van der Waals surface area contributed by atoms with Crippen molar-refractivity contribution in [3.63, 3.8) is 0 Å². The molecule has 0 atom stereocenters. The number of nitrogens with zero attached hydrogens (tertiary/aromatic N) is 1. The second kappa shape index (κ2) is 5.59. The van der Waals surface area contributed by atoms with Gasteiger partial charge in [-0.3, -0.25) is 9.78 Å². The Labute approximate surface area is 81.5 Å². The first-order valence-electron chi connectivity index (χ1n) is 4.01. The molecule has 0 unspecified atom stereocenters. The molecule has 0 aliphatic heterocycles. The summed E-state index contributed by atoms with van der Waals surface area (Å²) in [4.78, 5) is 15.9. The second-order valence-corrected chi connectivity index (χ2v) is 3.33. The number of esters is 1. The molecule has 70 valence electrons. The Kier molecular flexibility index (Phi) is 4.32. The van der Waals surface area contributed by atoms with Gasteiger partial charge in [0.2, 0.25) is 0 Å². The maximum Gasteiger partial charge on any atom is 0.316 e. The Balaban J connectivity index is 2.31. The lowest BCUT2D eigenvalue weighted by atomic mass is 10.5. The number of hydrogen-bond donors (Lipinski definition) is 0. The largest absolute Gasteiger partial charge is 0.465 e. The van der Waals surface area contributed by atoms with Crippen molar-refractivity contribution in [3.05, 3.63) is 24.5 Å². The fourth-order valence-corrected chi connectivity index (χ4v) is 1.46. The molecule has 13 heavy (non-hydrogen) atoms. The predicted molar refractivity (Wildman–Crippen MR) is 51.6 cm³/mol. The van der Waals surface area contributed by atoms with Crippen LogP contribution in [0.4, 0.5) is 0 Å². The molecule has 0 aromatic carbocycles. The van der Waals surface area contributed by atoms with Crippen molar-refractivity contribution < 1.29 is 9.53 Å². The smallest absolute Gasteiger partial charge is 0.316 e. The number of rotatable bonds is 4. The van der Waals surface area contributed by atoms with Gasteiger partial charge in [0, 0.05) is 17.3 Å². The summed E-state index contributed by atoms with van der Waals surface area (Å²) in [5.41, 5.74) is 0. The van der Waals surface area contributed by atoms with E-state index in [0.717, 1.165) is 4.90 Å². The summed E-state index contributed by atoms with van der Waals surface area (Å²) in [5.74, 6) is 0.182. The van der Waals surface area contributed by atoms with E-state index in [1.165, 1.54) is 11.8 Å². The van der Waals surface area contributed by atoms with Crippen molar-refractivity contribution in [2.45, 2.75) is 11.8 Å². The van der Waals surface area contributed by atoms with E-state index >= 15 is 0 Å². The number of aromatic nitrogens is 1. The summed E-state index contributed by atoms with van der Waals surface area (Å²) in [6, 6.07) is 3.73. The molecule has 0 bridgehead atoms. The molecule has 1 aromatic heterocycles. The molecule has 0 aliphatic rings. The molecule has 0 amide bonds. The van der Waals surface area contributed by atoms with Crippen molar-refractivity contribution in [1.82, 2.24) is 4.98 Å². The highest BCUT2D eigenvalue weighted by atomic mass is 32.2. The summed E-state index contributed by atoms with van der Waals surface area (Å²) in [6.07, 6.45) is 3.40. The fourth-order valence-electron chi connectivity index (χ4n) is 0.779. The van der Waals surface area contributed by atoms with Crippen molar-refractivity contribution in [2.24, 2.45) is 0 Å². The van der Waals surface area contributed by atoms with Gasteiger partial charge in [-0.15, -0.1) is 11.8 Å². The SMILES string of the molecule is CCOC(=O)CSc1ccncc1. The molecule has 0 fully saturated rings. The number of hydrogen-bond acceptors (Lipinski definition) is 4. The minimum Gasteiger partial charge on any atom is -0.465 e.